The molecule has 0 aromatic heterocycles. The highest BCUT2D eigenvalue weighted by Crippen LogP contribution is 2.28. The van der Waals surface area contributed by atoms with Crippen LogP contribution < -0.4 is 10.6 Å². The van der Waals surface area contributed by atoms with Gasteiger partial charge in [0.15, 0.2) is 0 Å². The Kier molecular flexibility index (Phi) is 8.69. The molecule has 2 atom stereocenters. The quantitative estimate of drug-likeness (QED) is 0.258. The number of carboxylic acids is 2. The van der Waals surface area contributed by atoms with Crippen molar-refractivity contribution in [3.05, 3.63) is 0 Å². The van der Waals surface area contributed by atoms with Crippen molar-refractivity contribution >= 4 is 42.2 Å². The molecule has 5 N–H and O–H groups in total. The highest BCUT2D eigenvalue weighted by Gasteiger charge is 2.36. The van der Waals surface area contributed by atoms with Crippen LogP contribution in [0.3, 0.4) is 0 Å². The third kappa shape index (κ3) is 7.00. The maximum absolute atomic E-state index is 12.0. The Morgan fingerprint density at radius 3 is 2.39 bits per heavy atom. The van der Waals surface area contributed by atoms with Crippen LogP contribution in [0.4, 0.5) is 0 Å². The zero-order chi connectivity index (χ0) is 21.5. The number of hydrogen-bond donors (Lipinski definition) is 6. The van der Waals surface area contributed by atoms with Gasteiger partial charge >= 0.3 is 11.9 Å². The average molecular weight is 418 g/mol. The molecule has 2 amide bonds. The van der Waals surface area contributed by atoms with Crippen LogP contribution in [0.15, 0.2) is 4.99 Å². The first-order valence-electron chi connectivity index (χ1n) is 8.66. The summed E-state index contributed by atoms with van der Waals surface area (Å²) in [4.78, 5) is 49.8. The van der Waals surface area contributed by atoms with Crippen molar-refractivity contribution in [2.24, 2.45) is 4.99 Å². The molecule has 0 aromatic rings. The van der Waals surface area contributed by atoms with E-state index in [-0.39, 0.29) is 24.4 Å². The number of carboxylic acid groups (broad SMARTS) is 2. The topological polar surface area (TPSA) is 169 Å². The maximum atomic E-state index is 12.0. The van der Waals surface area contributed by atoms with Gasteiger partial charge in [0.2, 0.25) is 11.8 Å². The molecule has 0 saturated carbocycles. The van der Waals surface area contributed by atoms with Crippen LogP contribution in [0.5, 0.6) is 0 Å². The van der Waals surface area contributed by atoms with Crippen molar-refractivity contribution in [2.45, 2.75) is 57.2 Å². The first kappa shape index (κ1) is 23.7. The number of nitrogens with one attached hydrogen (secondary N) is 2. The smallest absolute Gasteiger partial charge is 0.328 e. The fourth-order valence-corrected chi connectivity index (χ4v) is 2.79. The minimum Gasteiger partial charge on any atom is -0.480 e. The summed E-state index contributed by atoms with van der Waals surface area (Å²) in [5.74, 6) is -3.57. The van der Waals surface area contributed by atoms with Crippen LogP contribution in [0, 0.1) is 0 Å². The van der Waals surface area contributed by atoms with Crippen LogP contribution in [-0.4, -0.2) is 80.0 Å². The second-order valence-corrected chi connectivity index (χ2v) is 7.34. The van der Waals surface area contributed by atoms with Gasteiger partial charge in [0.05, 0.1) is 5.54 Å². The molecule has 0 spiro atoms. The summed E-state index contributed by atoms with van der Waals surface area (Å²) < 4.78 is 0. The first-order chi connectivity index (χ1) is 13.0. The van der Waals surface area contributed by atoms with Crippen molar-refractivity contribution in [1.82, 2.24) is 15.7 Å². The van der Waals surface area contributed by atoms with Crippen LogP contribution in [0.25, 0.3) is 0 Å². The predicted octanol–water partition coefficient (Wildman–Crippen LogP) is -0.503. The standard InChI is InChI=1S/C16H26N4O7S/c1-16(2)6-5-11(20(16)27)18-9(15(25)26)3-4-12(21)19-10(8-28)14(24)17-7-13(22)23/h9-10,27-28H,3-8H2,1-2H3,(H,17,24)(H,19,21)(H,22,23)(H,25,26)/t9-,10-/m0/s1. The number of rotatable bonds is 10. The summed E-state index contributed by atoms with van der Waals surface area (Å²) in [5.41, 5.74) is -0.539. The number of hydrogen-bond acceptors (Lipinski definition) is 7. The second-order valence-electron chi connectivity index (χ2n) is 6.98. The summed E-state index contributed by atoms with van der Waals surface area (Å²) in [6, 6.07) is -2.27. The van der Waals surface area contributed by atoms with Gasteiger partial charge in [0.1, 0.15) is 24.5 Å². The summed E-state index contributed by atoms with van der Waals surface area (Å²) in [6.45, 7) is 3.00. The zero-order valence-corrected chi connectivity index (χ0v) is 16.6. The molecule has 1 aliphatic heterocycles. The van der Waals surface area contributed by atoms with Crippen molar-refractivity contribution in [3.8, 4) is 0 Å². The average Bonchev–Trinajstić information content (AvgIpc) is 2.87. The van der Waals surface area contributed by atoms with E-state index in [2.05, 4.69) is 28.3 Å². The minimum atomic E-state index is -1.23. The number of aliphatic carboxylic acids is 2. The molecule has 0 aromatic carbocycles. The van der Waals surface area contributed by atoms with Gasteiger partial charge in [-0.05, 0) is 26.7 Å². The van der Waals surface area contributed by atoms with E-state index in [0.717, 1.165) is 5.06 Å². The lowest BCUT2D eigenvalue weighted by atomic mass is 10.0. The number of carbonyl (C=O) groups excluding carboxylic acids is 2. The third-order valence-corrected chi connectivity index (χ3v) is 4.63. The summed E-state index contributed by atoms with van der Waals surface area (Å²) >= 11 is 3.95. The molecule has 1 saturated heterocycles. The normalized spacial score (nSPS) is 19.1. The molecular formula is C16H26N4O7S. The molecule has 12 heteroatoms. The number of aliphatic imine (C=N–C) groups is 1. The van der Waals surface area contributed by atoms with Crippen LogP contribution in [0.2, 0.25) is 0 Å². The van der Waals surface area contributed by atoms with Crippen molar-refractivity contribution < 1.29 is 34.6 Å². The van der Waals surface area contributed by atoms with E-state index in [4.69, 9.17) is 5.11 Å². The van der Waals surface area contributed by atoms with Gasteiger partial charge < -0.3 is 20.8 Å². The fourth-order valence-electron chi connectivity index (χ4n) is 2.54. The molecule has 1 fully saturated rings. The van der Waals surface area contributed by atoms with Crippen LogP contribution >= 0.6 is 12.6 Å². The predicted molar refractivity (Wildman–Crippen MR) is 101 cm³/mol. The molecule has 11 nitrogen and oxygen atoms in total. The summed E-state index contributed by atoms with van der Waals surface area (Å²) in [6.07, 6.45) is 0.684. The van der Waals surface area contributed by atoms with E-state index in [1.165, 1.54) is 0 Å². The lowest BCUT2D eigenvalue weighted by molar-refractivity contribution is -0.139. The Hall–Kier alpha value is -2.34. The van der Waals surface area contributed by atoms with E-state index < -0.39 is 47.9 Å². The minimum absolute atomic E-state index is 0.0591. The molecule has 1 aliphatic rings. The number of thiol groups is 1. The van der Waals surface area contributed by atoms with Gasteiger partial charge in [-0.3, -0.25) is 24.6 Å². The Bertz CT molecular complexity index is 653. The Labute approximate surface area is 167 Å². The van der Waals surface area contributed by atoms with Gasteiger partial charge in [0.25, 0.3) is 0 Å². The molecule has 158 valence electrons. The number of amidine groups is 1. The lowest BCUT2D eigenvalue weighted by Gasteiger charge is -2.26. The number of hydroxylamine groups is 2. The molecule has 28 heavy (non-hydrogen) atoms. The molecule has 0 radical (unpaired) electrons. The summed E-state index contributed by atoms with van der Waals surface area (Å²) in [5, 5.41) is 33.4. The lowest BCUT2D eigenvalue weighted by Crippen LogP contribution is -2.49. The zero-order valence-electron chi connectivity index (χ0n) is 15.7. The number of carbonyl (C=O) groups is 4. The fraction of sp³-hybridized carbons (Fsp3) is 0.688. The molecule has 0 unspecified atom stereocenters. The van der Waals surface area contributed by atoms with Crippen molar-refractivity contribution in [3.63, 3.8) is 0 Å². The van der Waals surface area contributed by atoms with Gasteiger partial charge in [-0.1, -0.05) is 0 Å². The second kappa shape index (κ2) is 10.3. The van der Waals surface area contributed by atoms with E-state index in [9.17, 15) is 29.5 Å². The Morgan fingerprint density at radius 2 is 1.93 bits per heavy atom. The number of nitrogens with zero attached hydrogens (tertiary/aromatic N) is 2. The van der Waals surface area contributed by atoms with Gasteiger partial charge in [0, 0.05) is 18.6 Å². The van der Waals surface area contributed by atoms with E-state index in [0.29, 0.717) is 12.8 Å². The van der Waals surface area contributed by atoms with E-state index >= 15 is 0 Å². The van der Waals surface area contributed by atoms with Crippen molar-refractivity contribution in [2.75, 3.05) is 12.3 Å². The van der Waals surface area contributed by atoms with Gasteiger partial charge in [-0.15, -0.1) is 0 Å². The Morgan fingerprint density at radius 1 is 1.29 bits per heavy atom. The molecular weight excluding hydrogens is 392 g/mol. The molecule has 1 rings (SSSR count). The molecule has 0 aliphatic carbocycles. The van der Waals surface area contributed by atoms with Crippen molar-refractivity contribution in [1.29, 1.82) is 0 Å². The third-order valence-electron chi connectivity index (χ3n) is 4.26. The number of amides is 2. The SMILES string of the molecule is CC1(C)CCC(=N[C@@H](CCC(=O)N[C@@H](CS)C(=O)NCC(=O)O)C(=O)O)N1O. The first-order valence-corrected chi connectivity index (χ1v) is 9.29. The highest BCUT2D eigenvalue weighted by molar-refractivity contribution is 7.80. The highest BCUT2D eigenvalue weighted by atomic mass is 32.1. The van der Waals surface area contributed by atoms with Gasteiger partial charge in [-0.25, -0.2) is 9.86 Å². The van der Waals surface area contributed by atoms with E-state index in [1.54, 1.807) is 13.8 Å². The van der Waals surface area contributed by atoms with E-state index in [1.807, 2.05) is 0 Å². The van der Waals surface area contributed by atoms with Gasteiger partial charge in [-0.2, -0.15) is 12.6 Å². The van der Waals surface area contributed by atoms with Crippen LogP contribution in [-0.2, 0) is 19.2 Å². The molecule has 0 bridgehead atoms. The Balaban J connectivity index is 2.63. The monoisotopic (exact) mass is 418 g/mol. The largest absolute Gasteiger partial charge is 0.480 e. The summed E-state index contributed by atoms with van der Waals surface area (Å²) in [7, 11) is 0. The molecule has 1 heterocycles. The maximum Gasteiger partial charge on any atom is 0.328 e. The van der Waals surface area contributed by atoms with Crippen LogP contribution in [0.1, 0.15) is 39.5 Å².